The molecule has 0 spiro atoms. The summed E-state index contributed by atoms with van der Waals surface area (Å²) in [6.45, 7) is 0.450. The molecule has 4 rings (SSSR count). The van der Waals surface area contributed by atoms with Gasteiger partial charge in [-0.2, -0.15) is 5.10 Å². The van der Waals surface area contributed by atoms with E-state index in [4.69, 9.17) is 9.47 Å². The number of hydrogen-bond acceptors (Lipinski definition) is 6. The molecule has 0 bridgehead atoms. The summed E-state index contributed by atoms with van der Waals surface area (Å²) in [5.74, 6) is 0.0224. The Bertz CT molecular complexity index is 992. The predicted molar refractivity (Wildman–Crippen MR) is 96.3 cm³/mol. The van der Waals surface area contributed by atoms with E-state index < -0.39 is 5.97 Å². The van der Waals surface area contributed by atoms with Crippen molar-refractivity contribution in [1.29, 1.82) is 0 Å². The summed E-state index contributed by atoms with van der Waals surface area (Å²) < 4.78 is 12.1. The maximum Gasteiger partial charge on any atom is 0.350 e. The Labute approximate surface area is 153 Å². The average Bonchev–Trinajstić information content (AvgIpc) is 3.28. The number of rotatable bonds is 4. The fraction of sp³-hybridized carbons (Fsp3) is 0.167. The lowest BCUT2D eigenvalue weighted by atomic mass is 10.0. The number of thiophene rings is 1. The minimum Gasteiger partial charge on any atom is -0.488 e. The lowest BCUT2D eigenvalue weighted by Crippen LogP contribution is -2.21. The maximum atomic E-state index is 12.5. The molecule has 0 aliphatic carbocycles. The molecule has 0 unspecified atom stereocenters. The van der Waals surface area contributed by atoms with E-state index in [-0.39, 0.29) is 12.5 Å². The lowest BCUT2D eigenvalue weighted by Gasteiger charge is -2.19. The Balaban J connectivity index is 1.57. The summed E-state index contributed by atoms with van der Waals surface area (Å²) in [6.07, 6.45) is 1.71. The molecule has 0 atom stereocenters. The quantitative estimate of drug-likeness (QED) is 0.715. The van der Waals surface area contributed by atoms with Gasteiger partial charge < -0.3 is 14.8 Å². The molecule has 0 fully saturated rings. The molecule has 0 saturated carbocycles. The van der Waals surface area contributed by atoms with Gasteiger partial charge in [0.15, 0.2) is 0 Å². The van der Waals surface area contributed by atoms with Crippen LogP contribution in [0.1, 0.15) is 15.2 Å². The van der Waals surface area contributed by atoms with Gasteiger partial charge in [0.1, 0.15) is 23.8 Å². The van der Waals surface area contributed by atoms with E-state index in [1.807, 2.05) is 24.3 Å². The zero-order valence-electron chi connectivity index (χ0n) is 13.9. The lowest BCUT2D eigenvalue weighted by molar-refractivity contribution is -0.116. The highest BCUT2D eigenvalue weighted by atomic mass is 32.1. The van der Waals surface area contributed by atoms with Gasteiger partial charge in [0.05, 0.1) is 24.7 Å². The molecule has 1 aliphatic heterocycles. The largest absolute Gasteiger partial charge is 0.488 e. The highest BCUT2D eigenvalue weighted by Crippen LogP contribution is 2.37. The van der Waals surface area contributed by atoms with E-state index in [0.29, 0.717) is 17.2 Å². The summed E-state index contributed by atoms with van der Waals surface area (Å²) >= 11 is 1.22. The molecule has 1 amide bonds. The molecule has 1 aliphatic rings. The number of para-hydroxylation sites is 1. The van der Waals surface area contributed by atoms with Gasteiger partial charge in [0.2, 0.25) is 5.91 Å². The van der Waals surface area contributed by atoms with Crippen LogP contribution in [0.4, 0.5) is 5.69 Å². The molecule has 3 aromatic rings. The first-order valence-corrected chi connectivity index (χ1v) is 8.78. The van der Waals surface area contributed by atoms with Gasteiger partial charge in [0.25, 0.3) is 0 Å². The van der Waals surface area contributed by atoms with Crippen LogP contribution in [0, 0.1) is 0 Å². The van der Waals surface area contributed by atoms with Crippen LogP contribution in [-0.2, 0) is 22.7 Å². The number of carbonyl (C=O) groups is 2. The Morgan fingerprint density at radius 1 is 1.35 bits per heavy atom. The zero-order chi connectivity index (χ0) is 18.1. The predicted octanol–water partition coefficient (Wildman–Crippen LogP) is 2.93. The minimum atomic E-state index is -0.474. The van der Waals surface area contributed by atoms with Crippen LogP contribution < -0.4 is 10.1 Å². The molecule has 0 radical (unpaired) electrons. The summed E-state index contributed by atoms with van der Waals surface area (Å²) in [7, 11) is 1.31. The fourth-order valence-electron chi connectivity index (χ4n) is 2.89. The monoisotopic (exact) mass is 369 g/mol. The molecule has 2 aromatic heterocycles. The summed E-state index contributed by atoms with van der Waals surface area (Å²) in [4.78, 5) is 24.6. The van der Waals surface area contributed by atoms with Gasteiger partial charge in [-0.25, -0.2) is 4.79 Å². The molecule has 8 heteroatoms. The van der Waals surface area contributed by atoms with Crippen LogP contribution in [0.15, 0.2) is 41.9 Å². The first-order valence-electron chi connectivity index (χ1n) is 7.90. The number of aromatic nitrogens is 2. The fourth-order valence-corrected chi connectivity index (χ4v) is 3.66. The van der Waals surface area contributed by atoms with E-state index in [0.717, 1.165) is 22.6 Å². The topological polar surface area (TPSA) is 82.5 Å². The van der Waals surface area contributed by atoms with Gasteiger partial charge in [-0.05, 0) is 23.6 Å². The number of nitrogens with one attached hydrogen (secondary N) is 1. The van der Waals surface area contributed by atoms with Crippen LogP contribution in [0.3, 0.4) is 0 Å². The third kappa shape index (κ3) is 2.84. The highest BCUT2D eigenvalue weighted by molar-refractivity contribution is 7.12. The summed E-state index contributed by atoms with van der Waals surface area (Å²) in [6, 6.07) is 9.34. The van der Waals surface area contributed by atoms with Gasteiger partial charge in [-0.1, -0.05) is 12.1 Å². The van der Waals surface area contributed by atoms with Crippen LogP contribution in [-0.4, -0.2) is 28.8 Å². The van der Waals surface area contributed by atoms with Gasteiger partial charge in [-0.3, -0.25) is 9.48 Å². The number of amides is 1. The highest BCUT2D eigenvalue weighted by Gasteiger charge is 2.23. The van der Waals surface area contributed by atoms with Gasteiger partial charge in [0, 0.05) is 11.1 Å². The molecular formula is C18H15N3O4S. The molecule has 0 saturated heterocycles. The Hall–Kier alpha value is -3.13. The van der Waals surface area contributed by atoms with Crippen LogP contribution in [0.2, 0.25) is 0 Å². The van der Waals surface area contributed by atoms with Gasteiger partial charge >= 0.3 is 5.97 Å². The Morgan fingerprint density at radius 3 is 3.04 bits per heavy atom. The number of esters is 1. The zero-order valence-corrected chi connectivity index (χ0v) is 14.7. The van der Waals surface area contributed by atoms with Crippen molar-refractivity contribution in [2.75, 3.05) is 12.4 Å². The normalized spacial score (nSPS) is 11.9. The van der Waals surface area contributed by atoms with Crippen LogP contribution in [0.25, 0.3) is 11.3 Å². The number of fused-ring (bicyclic) bond motifs is 3. The average molecular weight is 369 g/mol. The van der Waals surface area contributed by atoms with E-state index >= 15 is 0 Å². The number of hydrogen-bond donors (Lipinski definition) is 1. The van der Waals surface area contributed by atoms with E-state index in [1.165, 1.54) is 18.4 Å². The third-order valence-corrected chi connectivity index (χ3v) is 4.94. The third-order valence-electron chi connectivity index (χ3n) is 4.04. The number of nitrogens with zero attached hydrogens (tertiary/aromatic N) is 2. The van der Waals surface area contributed by atoms with E-state index in [2.05, 4.69) is 10.4 Å². The van der Waals surface area contributed by atoms with Crippen molar-refractivity contribution >= 4 is 28.9 Å². The van der Waals surface area contributed by atoms with Crippen molar-refractivity contribution in [3.8, 4) is 17.0 Å². The summed E-state index contributed by atoms with van der Waals surface area (Å²) in [5, 5.41) is 8.81. The molecule has 1 N–H and O–H groups in total. The molecule has 3 heterocycles. The van der Waals surface area contributed by atoms with Crippen molar-refractivity contribution in [1.82, 2.24) is 9.78 Å². The smallest absolute Gasteiger partial charge is 0.350 e. The van der Waals surface area contributed by atoms with Crippen molar-refractivity contribution in [3.05, 3.63) is 52.3 Å². The second-order valence-electron chi connectivity index (χ2n) is 5.66. The first kappa shape index (κ1) is 16.3. The summed E-state index contributed by atoms with van der Waals surface area (Å²) in [5.41, 5.74) is 3.16. The molecule has 7 nitrogen and oxygen atoms in total. The van der Waals surface area contributed by atoms with Crippen molar-refractivity contribution in [2.45, 2.75) is 13.2 Å². The molecule has 132 valence electrons. The maximum absolute atomic E-state index is 12.5. The second kappa shape index (κ2) is 6.64. The molecular weight excluding hydrogens is 354 g/mol. The standard InChI is InChI=1S/C18H15N3O4S/c1-24-18(23)17-13(6-7-26-17)20-15(22)9-21-16-11(8-19-21)10-25-14-5-3-2-4-12(14)16/h2-8H,9-10H2,1H3,(H,20,22). The van der Waals surface area contributed by atoms with Crippen LogP contribution in [0.5, 0.6) is 5.75 Å². The number of anilines is 1. The van der Waals surface area contributed by atoms with Crippen molar-refractivity contribution in [2.24, 2.45) is 0 Å². The molecule has 1 aromatic carbocycles. The SMILES string of the molecule is COC(=O)c1sccc1NC(=O)Cn1ncc2c1-c1ccccc1OC2. The van der Waals surface area contributed by atoms with E-state index in [1.54, 1.807) is 22.3 Å². The molecule has 26 heavy (non-hydrogen) atoms. The second-order valence-corrected chi connectivity index (χ2v) is 6.58. The number of methoxy groups -OCH3 is 1. The van der Waals surface area contributed by atoms with Crippen LogP contribution >= 0.6 is 11.3 Å². The van der Waals surface area contributed by atoms with E-state index in [9.17, 15) is 9.59 Å². The van der Waals surface area contributed by atoms with Gasteiger partial charge in [-0.15, -0.1) is 11.3 Å². The first-order chi connectivity index (χ1) is 12.7. The number of carbonyl (C=O) groups excluding carboxylic acids is 2. The minimum absolute atomic E-state index is 0.0279. The van der Waals surface area contributed by atoms with Crippen molar-refractivity contribution in [3.63, 3.8) is 0 Å². The number of ether oxygens (including phenoxy) is 2. The van der Waals surface area contributed by atoms with Crippen molar-refractivity contribution < 1.29 is 19.1 Å². The number of benzene rings is 1. The Morgan fingerprint density at radius 2 is 2.19 bits per heavy atom. The Kier molecular flexibility index (Phi) is 4.18.